The van der Waals surface area contributed by atoms with Crippen LogP contribution >= 0.6 is 0 Å². The predicted molar refractivity (Wildman–Crippen MR) is 75.4 cm³/mol. The first-order valence-electron chi connectivity index (χ1n) is 6.38. The molecule has 0 radical (unpaired) electrons. The summed E-state index contributed by atoms with van der Waals surface area (Å²) in [5.74, 6) is 0. The van der Waals surface area contributed by atoms with E-state index in [9.17, 15) is 10.1 Å². The zero-order valence-electron chi connectivity index (χ0n) is 10.9. The highest BCUT2D eigenvalue weighted by Crippen LogP contribution is 2.27. The average Bonchev–Trinajstić information content (AvgIpc) is 2.48. The van der Waals surface area contributed by atoms with Crippen LogP contribution in [0.4, 0.5) is 11.4 Å². The van der Waals surface area contributed by atoms with Crippen LogP contribution in [-0.2, 0) is 17.9 Å². The van der Waals surface area contributed by atoms with Crippen LogP contribution in [0.5, 0.6) is 0 Å². The molecule has 1 aliphatic heterocycles. The van der Waals surface area contributed by atoms with E-state index in [0.717, 1.165) is 16.8 Å². The molecule has 1 heterocycles. The van der Waals surface area contributed by atoms with Gasteiger partial charge in [-0.15, -0.1) is 0 Å². The van der Waals surface area contributed by atoms with E-state index in [0.29, 0.717) is 19.9 Å². The lowest BCUT2D eigenvalue weighted by atomic mass is 10.1. The second-order valence-electron chi connectivity index (χ2n) is 4.73. The van der Waals surface area contributed by atoms with Crippen molar-refractivity contribution in [2.75, 3.05) is 11.6 Å². The quantitative estimate of drug-likeness (QED) is 0.635. The summed E-state index contributed by atoms with van der Waals surface area (Å²) in [6.45, 7) is 1.71. The molecule has 0 aromatic heterocycles. The van der Waals surface area contributed by atoms with Gasteiger partial charge in [0, 0.05) is 29.9 Å². The highest BCUT2D eigenvalue weighted by molar-refractivity contribution is 5.54. The fraction of sp³-hybridized carbons (Fsp3) is 0.200. The van der Waals surface area contributed by atoms with Gasteiger partial charge >= 0.3 is 0 Å². The molecule has 5 nitrogen and oxygen atoms in total. The first-order chi connectivity index (χ1) is 9.74. The van der Waals surface area contributed by atoms with E-state index in [4.69, 9.17) is 4.74 Å². The maximum atomic E-state index is 10.8. The van der Waals surface area contributed by atoms with Gasteiger partial charge in [-0.05, 0) is 11.6 Å². The molecule has 102 valence electrons. The summed E-state index contributed by atoms with van der Waals surface area (Å²) < 4.78 is 5.55. The Morgan fingerprint density at radius 3 is 2.90 bits per heavy atom. The minimum Gasteiger partial charge on any atom is -0.356 e. The van der Waals surface area contributed by atoms with E-state index >= 15 is 0 Å². The van der Waals surface area contributed by atoms with Gasteiger partial charge in [-0.1, -0.05) is 30.3 Å². The van der Waals surface area contributed by atoms with Crippen molar-refractivity contribution in [3.05, 3.63) is 69.8 Å². The first kappa shape index (κ1) is 12.6. The van der Waals surface area contributed by atoms with E-state index in [1.165, 1.54) is 6.07 Å². The molecule has 0 spiro atoms. The van der Waals surface area contributed by atoms with Crippen molar-refractivity contribution in [1.82, 2.24) is 0 Å². The first-order valence-corrected chi connectivity index (χ1v) is 6.38. The molecule has 0 N–H and O–H groups in total. The molecule has 5 heteroatoms. The van der Waals surface area contributed by atoms with Crippen LogP contribution in [0.25, 0.3) is 0 Å². The van der Waals surface area contributed by atoms with Crippen LogP contribution in [0.3, 0.4) is 0 Å². The van der Waals surface area contributed by atoms with Crippen molar-refractivity contribution in [3.63, 3.8) is 0 Å². The molecule has 0 atom stereocenters. The van der Waals surface area contributed by atoms with Crippen LogP contribution in [0.2, 0.25) is 0 Å². The van der Waals surface area contributed by atoms with Crippen molar-refractivity contribution in [2.24, 2.45) is 0 Å². The van der Waals surface area contributed by atoms with Crippen LogP contribution in [0.1, 0.15) is 11.1 Å². The van der Waals surface area contributed by atoms with Gasteiger partial charge in [0.05, 0.1) is 11.5 Å². The fourth-order valence-corrected chi connectivity index (χ4v) is 2.40. The van der Waals surface area contributed by atoms with Crippen molar-refractivity contribution in [3.8, 4) is 0 Å². The van der Waals surface area contributed by atoms with Crippen molar-refractivity contribution < 1.29 is 9.66 Å². The number of nitrogens with zero attached hydrogens (tertiary/aromatic N) is 2. The number of benzene rings is 2. The standard InChI is InChI=1S/C15H14N2O3/c18-17(19)14-6-3-4-12(8-14)9-16-11-20-10-13-5-1-2-7-15(13)16/h1-8H,9-11H2. The summed E-state index contributed by atoms with van der Waals surface area (Å²) in [5, 5.41) is 10.8. The van der Waals surface area contributed by atoms with Gasteiger partial charge in [0.25, 0.3) is 5.69 Å². The number of hydrogen-bond acceptors (Lipinski definition) is 4. The lowest BCUT2D eigenvalue weighted by Crippen LogP contribution is -2.30. The topological polar surface area (TPSA) is 55.6 Å². The molecule has 1 aliphatic rings. The van der Waals surface area contributed by atoms with Gasteiger partial charge in [-0.2, -0.15) is 0 Å². The summed E-state index contributed by atoms with van der Waals surface area (Å²) in [6.07, 6.45) is 0. The molecule has 0 unspecified atom stereocenters. The zero-order valence-corrected chi connectivity index (χ0v) is 10.9. The average molecular weight is 270 g/mol. The van der Waals surface area contributed by atoms with Gasteiger partial charge in [-0.3, -0.25) is 10.1 Å². The SMILES string of the molecule is O=[N+]([O-])c1cccc(CN2COCc3ccccc32)c1. The number of nitro groups is 1. The Morgan fingerprint density at radius 1 is 1.20 bits per heavy atom. The predicted octanol–water partition coefficient (Wildman–Crippen LogP) is 3.09. The maximum Gasteiger partial charge on any atom is 0.269 e. The molecule has 2 aromatic carbocycles. The second-order valence-corrected chi connectivity index (χ2v) is 4.73. The summed E-state index contributed by atoms with van der Waals surface area (Å²) >= 11 is 0. The van der Waals surface area contributed by atoms with Crippen molar-refractivity contribution in [1.29, 1.82) is 0 Å². The largest absolute Gasteiger partial charge is 0.356 e. The molecule has 0 aliphatic carbocycles. The Labute approximate surface area is 116 Å². The van der Waals surface area contributed by atoms with Crippen LogP contribution in [-0.4, -0.2) is 11.7 Å². The Hall–Kier alpha value is -2.40. The number of nitro benzene ring substituents is 1. The number of anilines is 1. The molecule has 20 heavy (non-hydrogen) atoms. The molecular weight excluding hydrogens is 256 g/mol. The third-order valence-corrected chi connectivity index (χ3v) is 3.33. The molecule has 0 bridgehead atoms. The Balaban J connectivity index is 1.85. The Morgan fingerprint density at radius 2 is 2.05 bits per heavy atom. The van der Waals surface area contributed by atoms with Crippen LogP contribution in [0, 0.1) is 10.1 Å². The second kappa shape index (κ2) is 5.30. The van der Waals surface area contributed by atoms with Gasteiger partial charge in [0.15, 0.2) is 0 Å². The zero-order chi connectivity index (χ0) is 13.9. The third kappa shape index (κ3) is 2.48. The fourth-order valence-electron chi connectivity index (χ4n) is 2.40. The van der Waals surface area contributed by atoms with E-state index in [2.05, 4.69) is 11.0 Å². The number of rotatable bonds is 3. The van der Waals surface area contributed by atoms with Gasteiger partial charge in [-0.25, -0.2) is 0 Å². The smallest absolute Gasteiger partial charge is 0.269 e. The monoisotopic (exact) mass is 270 g/mol. The molecule has 0 saturated heterocycles. The van der Waals surface area contributed by atoms with Crippen LogP contribution < -0.4 is 4.90 Å². The summed E-state index contributed by atoms with van der Waals surface area (Å²) in [5.41, 5.74) is 3.29. The lowest BCUT2D eigenvalue weighted by Gasteiger charge is -2.31. The summed E-state index contributed by atoms with van der Waals surface area (Å²) in [6, 6.07) is 14.8. The molecule has 2 aromatic rings. The number of fused-ring (bicyclic) bond motifs is 1. The number of ether oxygens (including phenoxy) is 1. The van der Waals surface area contributed by atoms with Crippen molar-refractivity contribution >= 4 is 11.4 Å². The molecule has 0 amide bonds. The number of para-hydroxylation sites is 1. The third-order valence-electron chi connectivity index (χ3n) is 3.33. The number of hydrogen-bond donors (Lipinski definition) is 0. The van der Waals surface area contributed by atoms with E-state index in [1.807, 2.05) is 24.3 Å². The Bertz CT molecular complexity index is 643. The number of non-ortho nitro benzene ring substituents is 1. The maximum absolute atomic E-state index is 10.8. The van der Waals surface area contributed by atoms with Crippen molar-refractivity contribution in [2.45, 2.75) is 13.2 Å². The highest BCUT2D eigenvalue weighted by Gasteiger charge is 2.17. The molecule has 0 fully saturated rings. The summed E-state index contributed by atoms with van der Waals surface area (Å²) in [4.78, 5) is 12.5. The molecular formula is C15H14N2O3. The van der Waals surface area contributed by atoms with E-state index < -0.39 is 0 Å². The van der Waals surface area contributed by atoms with Gasteiger partial charge < -0.3 is 9.64 Å². The van der Waals surface area contributed by atoms with Crippen LogP contribution in [0.15, 0.2) is 48.5 Å². The molecule has 0 saturated carbocycles. The van der Waals surface area contributed by atoms with E-state index in [-0.39, 0.29) is 10.6 Å². The van der Waals surface area contributed by atoms with Gasteiger partial charge in [0.2, 0.25) is 0 Å². The highest BCUT2D eigenvalue weighted by atomic mass is 16.6. The van der Waals surface area contributed by atoms with Gasteiger partial charge in [0.1, 0.15) is 6.73 Å². The lowest BCUT2D eigenvalue weighted by molar-refractivity contribution is -0.384. The normalized spacial score (nSPS) is 13.9. The Kier molecular flexibility index (Phi) is 3.35. The minimum atomic E-state index is -0.371. The van der Waals surface area contributed by atoms with E-state index in [1.54, 1.807) is 12.1 Å². The summed E-state index contributed by atoms with van der Waals surface area (Å²) in [7, 11) is 0. The molecule has 3 rings (SSSR count). The minimum absolute atomic E-state index is 0.119.